The standard InChI is InChI=1S/C6H12N4O/c1-8-6(11)5(7)4-2-9-3-10-4/h3-5H,2,7H2,1H3,(H,8,11)(H,9,10). The summed E-state index contributed by atoms with van der Waals surface area (Å²) in [6.45, 7) is 0.578. The van der Waals surface area contributed by atoms with Crippen molar-refractivity contribution in [2.45, 2.75) is 12.1 Å². The number of nitrogens with two attached hydrogens (primary N) is 1. The van der Waals surface area contributed by atoms with Crippen LogP contribution in [0, 0.1) is 0 Å². The van der Waals surface area contributed by atoms with E-state index in [0.717, 1.165) is 0 Å². The molecule has 5 nitrogen and oxygen atoms in total. The lowest BCUT2D eigenvalue weighted by atomic mass is 10.1. The molecule has 1 rings (SSSR count). The van der Waals surface area contributed by atoms with Gasteiger partial charge in [-0.15, -0.1) is 0 Å². The molecule has 5 heteroatoms. The fourth-order valence-corrected chi connectivity index (χ4v) is 0.934. The molecule has 0 radical (unpaired) electrons. The zero-order chi connectivity index (χ0) is 8.27. The van der Waals surface area contributed by atoms with Crippen molar-refractivity contribution in [1.29, 1.82) is 0 Å². The van der Waals surface area contributed by atoms with Crippen molar-refractivity contribution in [2.75, 3.05) is 13.6 Å². The monoisotopic (exact) mass is 156 g/mol. The molecule has 0 aromatic heterocycles. The Hall–Kier alpha value is -1.10. The van der Waals surface area contributed by atoms with Crippen LogP contribution in [0.2, 0.25) is 0 Å². The van der Waals surface area contributed by atoms with E-state index in [0.29, 0.717) is 6.54 Å². The lowest BCUT2D eigenvalue weighted by molar-refractivity contribution is -0.122. The van der Waals surface area contributed by atoms with Gasteiger partial charge in [0.1, 0.15) is 6.04 Å². The van der Waals surface area contributed by atoms with Crippen LogP contribution in [0.4, 0.5) is 0 Å². The van der Waals surface area contributed by atoms with Crippen molar-refractivity contribution in [2.24, 2.45) is 10.7 Å². The minimum Gasteiger partial charge on any atom is -0.370 e. The van der Waals surface area contributed by atoms with E-state index < -0.39 is 6.04 Å². The number of rotatable bonds is 2. The number of amides is 1. The number of aliphatic imine (C=N–C) groups is 1. The molecule has 0 aromatic rings. The van der Waals surface area contributed by atoms with Gasteiger partial charge in [0.15, 0.2) is 0 Å². The third-order valence-corrected chi connectivity index (χ3v) is 1.66. The van der Waals surface area contributed by atoms with E-state index in [9.17, 15) is 4.79 Å². The first-order valence-corrected chi connectivity index (χ1v) is 3.47. The predicted octanol–water partition coefficient (Wildman–Crippen LogP) is -1.94. The summed E-state index contributed by atoms with van der Waals surface area (Å²) in [5.41, 5.74) is 5.58. The van der Waals surface area contributed by atoms with Crippen LogP contribution in [0.5, 0.6) is 0 Å². The molecule has 62 valence electrons. The van der Waals surface area contributed by atoms with Gasteiger partial charge < -0.3 is 16.4 Å². The topological polar surface area (TPSA) is 79.5 Å². The smallest absolute Gasteiger partial charge is 0.238 e. The lowest BCUT2D eigenvalue weighted by Gasteiger charge is -2.16. The highest BCUT2D eigenvalue weighted by atomic mass is 16.2. The first-order valence-electron chi connectivity index (χ1n) is 3.47. The predicted molar refractivity (Wildman–Crippen MR) is 42.3 cm³/mol. The summed E-state index contributed by atoms with van der Waals surface area (Å²) in [6.07, 6.45) is 1.58. The van der Waals surface area contributed by atoms with E-state index in [2.05, 4.69) is 15.6 Å². The molecule has 4 N–H and O–H groups in total. The van der Waals surface area contributed by atoms with Crippen LogP contribution in [0.3, 0.4) is 0 Å². The van der Waals surface area contributed by atoms with Gasteiger partial charge in [-0.05, 0) is 0 Å². The fraction of sp³-hybridized carbons (Fsp3) is 0.667. The molecule has 0 aliphatic carbocycles. The number of nitrogens with one attached hydrogen (secondary N) is 2. The third-order valence-electron chi connectivity index (χ3n) is 1.66. The summed E-state index contributed by atoms with van der Waals surface area (Å²) < 4.78 is 0. The Morgan fingerprint density at radius 2 is 2.73 bits per heavy atom. The molecule has 1 aliphatic rings. The van der Waals surface area contributed by atoms with Crippen molar-refractivity contribution in [1.82, 2.24) is 10.6 Å². The number of hydrogen-bond acceptors (Lipinski definition) is 4. The zero-order valence-electron chi connectivity index (χ0n) is 6.37. The normalized spacial score (nSPS) is 24.4. The highest BCUT2D eigenvalue weighted by Crippen LogP contribution is 1.95. The molecule has 1 heterocycles. The Labute approximate surface area is 65.1 Å². The SMILES string of the molecule is CNC(=O)C(N)C1CN=CN1. The molecule has 0 saturated heterocycles. The molecule has 1 aliphatic heterocycles. The van der Waals surface area contributed by atoms with Gasteiger partial charge in [0.25, 0.3) is 0 Å². The van der Waals surface area contributed by atoms with E-state index in [1.807, 2.05) is 0 Å². The van der Waals surface area contributed by atoms with Gasteiger partial charge in [0.05, 0.1) is 18.9 Å². The molecule has 0 spiro atoms. The summed E-state index contributed by atoms with van der Waals surface area (Å²) in [5.74, 6) is -0.159. The summed E-state index contributed by atoms with van der Waals surface area (Å²) in [6, 6.07) is -0.558. The molecular formula is C6H12N4O. The van der Waals surface area contributed by atoms with Crippen LogP contribution in [-0.2, 0) is 4.79 Å². The van der Waals surface area contributed by atoms with Crippen LogP contribution in [-0.4, -0.2) is 37.9 Å². The molecule has 0 aromatic carbocycles. The molecule has 0 saturated carbocycles. The Bertz CT molecular complexity index is 171. The Morgan fingerprint density at radius 1 is 2.00 bits per heavy atom. The van der Waals surface area contributed by atoms with E-state index in [4.69, 9.17) is 5.73 Å². The molecule has 2 unspecified atom stereocenters. The summed E-state index contributed by atoms with van der Waals surface area (Å²) >= 11 is 0. The van der Waals surface area contributed by atoms with E-state index in [1.54, 1.807) is 13.4 Å². The maximum atomic E-state index is 11.0. The minimum absolute atomic E-state index is 0.0463. The molecule has 0 fully saturated rings. The van der Waals surface area contributed by atoms with Gasteiger partial charge in [-0.1, -0.05) is 0 Å². The molecule has 1 amide bonds. The lowest BCUT2D eigenvalue weighted by Crippen LogP contribution is -2.52. The quantitative estimate of drug-likeness (QED) is 0.435. The van der Waals surface area contributed by atoms with Gasteiger partial charge in [0, 0.05) is 7.05 Å². The highest BCUT2D eigenvalue weighted by Gasteiger charge is 2.24. The van der Waals surface area contributed by atoms with Gasteiger partial charge in [-0.3, -0.25) is 9.79 Å². The summed E-state index contributed by atoms with van der Waals surface area (Å²) in [4.78, 5) is 14.9. The largest absolute Gasteiger partial charge is 0.370 e. The van der Waals surface area contributed by atoms with Crippen LogP contribution < -0.4 is 16.4 Å². The number of nitrogens with zero attached hydrogens (tertiary/aromatic N) is 1. The van der Waals surface area contributed by atoms with E-state index in [-0.39, 0.29) is 11.9 Å². The first-order chi connectivity index (χ1) is 5.25. The third kappa shape index (κ3) is 1.68. The maximum absolute atomic E-state index is 11.0. The van der Waals surface area contributed by atoms with Crippen molar-refractivity contribution in [3.8, 4) is 0 Å². The Morgan fingerprint density at radius 3 is 3.18 bits per heavy atom. The summed E-state index contributed by atoms with van der Waals surface area (Å²) in [7, 11) is 1.57. The van der Waals surface area contributed by atoms with E-state index in [1.165, 1.54) is 0 Å². The average Bonchev–Trinajstić information content (AvgIpc) is 2.53. The number of carbonyl (C=O) groups excluding carboxylic acids is 1. The van der Waals surface area contributed by atoms with Crippen LogP contribution >= 0.6 is 0 Å². The van der Waals surface area contributed by atoms with Crippen molar-refractivity contribution in [3.05, 3.63) is 0 Å². The van der Waals surface area contributed by atoms with Crippen molar-refractivity contribution < 1.29 is 4.79 Å². The van der Waals surface area contributed by atoms with E-state index >= 15 is 0 Å². The second-order valence-electron chi connectivity index (χ2n) is 2.41. The molecule has 11 heavy (non-hydrogen) atoms. The number of likely N-dealkylation sites (N-methyl/N-ethyl adjacent to an activating group) is 1. The Kier molecular flexibility index (Phi) is 2.43. The number of carbonyl (C=O) groups is 1. The van der Waals surface area contributed by atoms with Gasteiger partial charge in [-0.2, -0.15) is 0 Å². The molecule has 2 atom stereocenters. The maximum Gasteiger partial charge on any atom is 0.238 e. The van der Waals surface area contributed by atoms with Crippen LogP contribution in [0.25, 0.3) is 0 Å². The fourth-order valence-electron chi connectivity index (χ4n) is 0.934. The van der Waals surface area contributed by atoms with Gasteiger partial charge in [0.2, 0.25) is 5.91 Å². The Balaban J connectivity index is 2.41. The van der Waals surface area contributed by atoms with Crippen molar-refractivity contribution >= 4 is 12.2 Å². The highest BCUT2D eigenvalue weighted by molar-refractivity contribution is 5.82. The second kappa shape index (κ2) is 3.34. The second-order valence-corrected chi connectivity index (χ2v) is 2.41. The summed E-state index contributed by atoms with van der Waals surface area (Å²) in [5, 5.41) is 5.38. The van der Waals surface area contributed by atoms with Gasteiger partial charge in [-0.25, -0.2) is 0 Å². The van der Waals surface area contributed by atoms with Crippen LogP contribution in [0.15, 0.2) is 4.99 Å². The molecular weight excluding hydrogens is 144 g/mol. The minimum atomic E-state index is -0.512. The first kappa shape index (κ1) is 8.00. The van der Waals surface area contributed by atoms with Crippen molar-refractivity contribution in [3.63, 3.8) is 0 Å². The van der Waals surface area contributed by atoms with Gasteiger partial charge >= 0.3 is 0 Å². The number of hydrogen-bond donors (Lipinski definition) is 3. The molecule has 0 bridgehead atoms. The van der Waals surface area contributed by atoms with Crippen LogP contribution in [0.1, 0.15) is 0 Å². The average molecular weight is 156 g/mol. The zero-order valence-corrected chi connectivity index (χ0v) is 6.37.